The molecule has 2 aromatic carbocycles. The highest BCUT2D eigenvalue weighted by molar-refractivity contribution is 5.79. The van der Waals surface area contributed by atoms with E-state index in [1.807, 2.05) is 42.5 Å². The van der Waals surface area contributed by atoms with Gasteiger partial charge in [-0.1, -0.05) is 30.3 Å². The van der Waals surface area contributed by atoms with Crippen molar-refractivity contribution >= 4 is 11.6 Å². The second-order valence-corrected chi connectivity index (χ2v) is 6.81. The predicted molar refractivity (Wildman–Crippen MR) is 115 cm³/mol. The van der Waals surface area contributed by atoms with E-state index >= 15 is 0 Å². The van der Waals surface area contributed by atoms with Crippen LogP contribution in [0.25, 0.3) is 0 Å². The molecule has 0 aromatic heterocycles. The molecule has 1 atom stereocenters. The highest BCUT2D eigenvalue weighted by Crippen LogP contribution is 2.31. The molecule has 1 unspecified atom stereocenters. The lowest BCUT2D eigenvalue weighted by Crippen LogP contribution is -2.41. The molecule has 28 heavy (non-hydrogen) atoms. The van der Waals surface area contributed by atoms with Crippen LogP contribution in [0, 0.1) is 5.92 Å². The minimum atomic E-state index is 0.573. The van der Waals surface area contributed by atoms with E-state index in [4.69, 9.17) is 9.47 Å². The van der Waals surface area contributed by atoms with E-state index in [2.05, 4.69) is 32.7 Å². The van der Waals surface area contributed by atoms with Crippen LogP contribution in [0.4, 0.5) is 5.69 Å². The van der Waals surface area contributed by atoms with Crippen molar-refractivity contribution in [3.63, 3.8) is 0 Å². The van der Waals surface area contributed by atoms with Crippen LogP contribution in [0.15, 0.2) is 59.6 Å². The molecule has 1 aliphatic heterocycles. The fourth-order valence-electron chi connectivity index (χ4n) is 3.43. The van der Waals surface area contributed by atoms with Gasteiger partial charge in [-0.2, -0.15) is 0 Å². The van der Waals surface area contributed by atoms with E-state index in [1.165, 1.54) is 5.69 Å². The number of guanidine groups is 1. The zero-order valence-corrected chi connectivity index (χ0v) is 16.7. The summed E-state index contributed by atoms with van der Waals surface area (Å²) in [5, 5.41) is 6.74. The summed E-state index contributed by atoms with van der Waals surface area (Å²) in [6.45, 7) is 4.25. The van der Waals surface area contributed by atoms with Crippen molar-refractivity contribution in [2.24, 2.45) is 10.9 Å². The summed E-state index contributed by atoms with van der Waals surface area (Å²) >= 11 is 0. The number of hydrogen-bond acceptors (Lipinski definition) is 4. The highest BCUT2D eigenvalue weighted by atomic mass is 16.5. The first-order valence-corrected chi connectivity index (χ1v) is 9.80. The van der Waals surface area contributed by atoms with Crippen molar-refractivity contribution in [3.05, 3.63) is 54.6 Å². The third-order valence-corrected chi connectivity index (χ3v) is 4.90. The lowest BCUT2D eigenvalue weighted by atomic mass is 10.1. The summed E-state index contributed by atoms with van der Waals surface area (Å²) in [5.74, 6) is 3.21. The Hall–Kier alpha value is -2.89. The molecule has 0 aliphatic carbocycles. The zero-order valence-electron chi connectivity index (χ0n) is 16.7. The maximum absolute atomic E-state index is 5.70. The van der Waals surface area contributed by atoms with Gasteiger partial charge in [0, 0.05) is 26.7 Å². The SMILES string of the molecule is CN=C(NCCOc1ccccc1)NCC1CCN(c2ccccc2OC)C1. The average Bonchev–Trinajstić information content (AvgIpc) is 3.23. The maximum Gasteiger partial charge on any atom is 0.191 e. The molecule has 1 saturated heterocycles. The number of nitrogens with zero attached hydrogens (tertiary/aromatic N) is 2. The Morgan fingerprint density at radius 2 is 1.89 bits per heavy atom. The lowest BCUT2D eigenvalue weighted by Gasteiger charge is -2.21. The van der Waals surface area contributed by atoms with Crippen LogP contribution in [0.2, 0.25) is 0 Å². The molecule has 150 valence electrons. The Balaban J connectivity index is 1.38. The Bertz CT molecular complexity index is 751. The smallest absolute Gasteiger partial charge is 0.191 e. The van der Waals surface area contributed by atoms with Gasteiger partial charge in [0.25, 0.3) is 0 Å². The molecule has 0 spiro atoms. The Morgan fingerprint density at radius 3 is 2.68 bits per heavy atom. The molecule has 0 bridgehead atoms. The molecule has 3 rings (SSSR count). The molecular formula is C22H30N4O2. The van der Waals surface area contributed by atoms with E-state index < -0.39 is 0 Å². The fraction of sp³-hybridized carbons (Fsp3) is 0.409. The van der Waals surface area contributed by atoms with Gasteiger partial charge in [-0.3, -0.25) is 4.99 Å². The lowest BCUT2D eigenvalue weighted by molar-refractivity contribution is 0.322. The van der Waals surface area contributed by atoms with Crippen molar-refractivity contribution in [2.75, 3.05) is 51.8 Å². The van der Waals surface area contributed by atoms with Gasteiger partial charge >= 0.3 is 0 Å². The third-order valence-electron chi connectivity index (χ3n) is 4.90. The predicted octanol–water partition coefficient (Wildman–Crippen LogP) is 2.77. The summed E-state index contributed by atoms with van der Waals surface area (Å²) < 4.78 is 11.2. The highest BCUT2D eigenvalue weighted by Gasteiger charge is 2.24. The van der Waals surface area contributed by atoms with Crippen LogP contribution < -0.4 is 25.0 Å². The number of methoxy groups -OCH3 is 1. The first kappa shape index (κ1) is 19.9. The normalized spacial score (nSPS) is 16.7. The van der Waals surface area contributed by atoms with Gasteiger partial charge in [0.15, 0.2) is 5.96 Å². The number of benzene rings is 2. The van der Waals surface area contributed by atoms with Gasteiger partial charge in [0.2, 0.25) is 0 Å². The van der Waals surface area contributed by atoms with Crippen LogP contribution in [-0.2, 0) is 0 Å². The number of aliphatic imine (C=N–C) groups is 1. The molecule has 0 saturated carbocycles. The first-order valence-electron chi connectivity index (χ1n) is 9.80. The van der Waals surface area contributed by atoms with Crippen LogP contribution >= 0.6 is 0 Å². The molecule has 1 aliphatic rings. The van der Waals surface area contributed by atoms with Gasteiger partial charge in [0.05, 0.1) is 19.3 Å². The third kappa shape index (κ3) is 5.55. The number of ether oxygens (including phenoxy) is 2. The maximum atomic E-state index is 5.70. The van der Waals surface area contributed by atoms with Gasteiger partial charge < -0.3 is 25.0 Å². The first-order chi connectivity index (χ1) is 13.8. The summed E-state index contributed by atoms with van der Waals surface area (Å²) in [6.07, 6.45) is 1.15. The number of rotatable bonds is 8. The molecule has 2 N–H and O–H groups in total. The summed E-state index contributed by atoms with van der Waals surface area (Å²) in [4.78, 5) is 6.70. The fourth-order valence-corrected chi connectivity index (χ4v) is 3.43. The summed E-state index contributed by atoms with van der Waals surface area (Å²) in [7, 11) is 3.52. The Kier molecular flexibility index (Phi) is 7.41. The van der Waals surface area contributed by atoms with Crippen molar-refractivity contribution in [1.82, 2.24) is 10.6 Å². The zero-order chi connectivity index (χ0) is 19.6. The van der Waals surface area contributed by atoms with E-state index in [0.29, 0.717) is 19.1 Å². The average molecular weight is 383 g/mol. The van der Waals surface area contributed by atoms with Gasteiger partial charge in [-0.05, 0) is 36.6 Å². The van der Waals surface area contributed by atoms with Crippen molar-refractivity contribution < 1.29 is 9.47 Å². The molecule has 0 amide bonds. The number of nitrogens with one attached hydrogen (secondary N) is 2. The quantitative estimate of drug-likeness (QED) is 0.418. The van der Waals surface area contributed by atoms with E-state index in [1.54, 1.807) is 14.2 Å². The molecule has 2 aromatic rings. The standard InChI is InChI=1S/C22H30N4O2/c1-23-22(24-13-15-28-19-8-4-3-5-9-19)25-16-18-12-14-26(17-18)20-10-6-7-11-21(20)27-2/h3-11,18H,12-17H2,1-2H3,(H2,23,24,25). The van der Waals surface area contributed by atoms with Crippen molar-refractivity contribution in [2.45, 2.75) is 6.42 Å². The molecule has 0 radical (unpaired) electrons. The molecular weight excluding hydrogens is 352 g/mol. The second-order valence-electron chi connectivity index (χ2n) is 6.81. The van der Waals surface area contributed by atoms with E-state index in [9.17, 15) is 0 Å². The van der Waals surface area contributed by atoms with E-state index in [-0.39, 0.29) is 0 Å². The van der Waals surface area contributed by atoms with Crippen molar-refractivity contribution in [1.29, 1.82) is 0 Å². The minimum Gasteiger partial charge on any atom is -0.495 e. The number of para-hydroxylation sites is 3. The van der Waals surface area contributed by atoms with Crippen LogP contribution in [-0.4, -0.2) is 52.9 Å². The minimum absolute atomic E-state index is 0.573. The van der Waals surface area contributed by atoms with Crippen LogP contribution in [0.1, 0.15) is 6.42 Å². The topological polar surface area (TPSA) is 58.1 Å². The van der Waals surface area contributed by atoms with Crippen LogP contribution in [0.5, 0.6) is 11.5 Å². The summed E-state index contributed by atoms with van der Waals surface area (Å²) in [5.41, 5.74) is 1.17. The Labute approximate surface area is 167 Å². The molecule has 6 heteroatoms. The monoisotopic (exact) mass is 382 g/mol. The molecule has 1 heterocycles. The number of hydrogen-bond donors (Lipinski definition) is 2. The largest absolute Gasteiger partial charge is 0.495 e. The molecule has 6 nitrogen and oxygen atoms in total. The summed E-state index contributed by atoms with van der Waals surface area (Å²) in [6, 6.07) is 18.1. The van der Waals surface area contributed by atoms with Crippen molar-refractivity contribution in [3.8, 4) is 11.5 Å². The Morgan fingerprint density at radius 1 is 1.11 bits per heavy atom. The van der Waals surface area contributed by atoms with Gasteiger partial charge in [0.1, 0.15) is 18.1 Å². The van der Waals surface area contributed by atoms with Gasteiger partial charge in [-0.15, -0.1) is 0 Å². The van der Waals surface area contributed by atoms with Gasteiger partial charge in [-0.25, -0.2) is 0 Å². The van der Waals surface area contributed by atoms with E-state index in [0.717, 1.165) is 43.5 Å². The van der Waals surface area contributed by atoms with Crippen LogP contribution in [0.3, 0.4) is 0 Å². The number of anilines is 1. The second kappa shape index (κ2) is 10.4. The molecule has 1 fully saturated rings.